The van der Waals surface area contributed by atoms with Crippen LogP contribution in [0.1, 0.15) is 22.8 Å². The number of imidazole rings is 1. The number of hydrogen-bond acceptors (Lipinski definition) is 4. The first-order valence-corrected chi connectivity index (χ1v) is 6.40. The number of aromatic nitrogens is 3. The number of pyridine rings is 1. The molecule has 0 aliphatic heterocycles. The molecule has 0 radical (unpaired) electrons. The van der Waals surface area contributed by atoms with E-state index in [1.165, 1.54) is 0 Å². The van der Waals surface area contributed by atoms with Crippen LogP contribution in [-0.4, -0.2) is 27.4 Å². The monoisotopic (exact) mass is 272 g/mol. The summed E-state index contributed by atoms with van der Waals surface area (Å²) in [6.07, 6.45) is 3.69. The van der Waals surface area contributed by atoms with E-state index in [0.717, 1.165) is 22.9 Å². The fraction of sp³-hybridized carbons (Fsp3) is 0.357. The number of nitrogens with zero attached hydrogens (tertiary/aromatic N) is 4. The first kappa shape index (κ1) is 14.0. The molecule has 2 aromatic rings. The molecule has 0 unspecified atom stereocenters. The highest BCUT2D eigenvalue weighted by Gasteiger charge is 2.16. The molecule has 0 saturated carbocycles. The SMILES string of the molecule is Cc1cc(N(C)Cc2nccn2C)c(C(=N)N)c(C)n1. The van der Waals surface area contributed by atoms with E-state index in [1.54, 1.807) is 6.20 Å². The second-order valence-corrected chi connectivity index (χ2v) is 4.97. The average Bonchev–Trinajstić information content (AvgIpc) is 2.73. The number of nitrogen functional groups attached to an aromatic ring is 1. The van der Waals surface area contributed by atoms with Gasteiger partial charge in [0, 0.05) is 32.2 Å². The summed E-state index contributed by atoms with van der Waals surface area (Å²) in [6, 6.07) is 1.95. The number of nitrogens with one attached hydrogen (secondary N) is 1. The van der Waals surface area contributed by atoms with Gasteiger partial charge in [0.25, 0.3) is 0 Å². The van der Waals surface area contributed by atoms with Crippen molar-refractivity contribution in [2.24, 2.45) is 12.8 Å². The summed E-state index contributed by atoms with van der Waals surface area (Å²) in [4.78, 5) is 10.7. The lowest BCUT2D eigenvalue weighted by Gasteiger charge is -2.23. The van der Waals surface area contributed by atoms with Crippen molar-refractivity contribution >= 4 is 11.5 Å². The van der Waals surface area contributed by atoms with Crippen molar-refractivity contribution in [3.63, 3.8) is 0 Å². The molecule has 106 valence electrons. The van der Waals surface area contributed by atoms with E-state index >= 15 is 0 Å². The largest absolute Gasteiger partial charge is 0.384 e. The second kappa shape index (κ2) is 5.32. The van der Waals surface area contributed by atoms with Crippen LogP contribution >= 0.6 is 0 Å². The molecular weight excluding hydrogens is 252 g/mol. The van der Waals surface area contributed by atoms with Crippen LogP contribution in [0, 0.1) is 19.3 Å². The predicted molar refractivity (Wildman–Crippen MR) is 80.0 cm³/mol. The quantitative estimate of drug-likeness (QED) is 0.650. The van der Waals surface area contributed by atoms with E-state index in [2.05, 4.69) is 9.97 Å². The lowest BCUT2D eigenvalue weighted by molar-refractivity contribution is 0.760. The van der Waals surface area contributed by atoms with Crippen molar-refractivity contribution < 1.29 is 0 Å². The molecule has 2 rings (SSSR count). The number of rotatable bonds is 4. The Kier molecular flexibility index (Phi) is 3.74. The van der Waals surface area contributed by atoms with Gasteiger partial charge < -0.3 is 15.2 Å². The van der Waals surface area contributed by atoms with Gasteiger partial charge in [-0.1, -0.05) is 0 Å². The standard InChI is InChI=1S/C14H20N6/c1-9-7-11(13(14(15)16)10(2)18-9)20(4)8-12-17-5-6-19(12)3/h5-7H,8H2,1-4H3,(H3,15,16). The molecule has 0 amide bonds. The Bertz CT molecular complexity index is 643. The molecule has 2 aromatic heterocycles. The molecule has 0 fully saturated rings. The van der Waals surface area contributed by atoms with Crippen LogP contribution in [0.4, 0.5) is 5.69 Å². The summed E-state index contributed by atoms with van der Waals surface area (Å²) in [5.41, 5.74) is 8.99. The van der Waals surface area contributed by atoms with Crippen molar-refractivity contribution in [2.75, 3.05) is 11.9 Å². The van der Waals surface area contributed by atoms with Crippen LogP contribution in [0.3, 0.4) is 0 Å². The number of anilines is 1. The summed E-state index contributed by atoms with van der Waals surface area (Å²) in [6.45, 7) is 4.46. The summed E-state index contributed by atoms with van der Waals surface area (Å²) in [5, 5.41) is 7.76. The van der Waals surface area contributed by atoms with Crippen molar-refractivity contribution in [3.05, 3.63) is 41.2 Å². The van der Waals surface area contributed by atoms with E-state index in [-0.39, 0.29) is 5.84 Å². The highest BCUT2D eigenvalue weighted by Crippen LogP contribution is 2.23. The molecule has 0 spiro atoms. The fourth-order valence-electron chi connectivity index (χ4n) is 2.29. The predicted octanol–water partition coefficient (Wildman–Crippen LogP) is 1.35. The maximum absolute atomic E-state index is 7.76. The van der Waals surface area contributed by atoms with E-state index in [9.17, 15) is 0 Å². The zero-order valence-electron chi connectivity index (χ0n) is 12.3. The molecule has 0 atom stereocenters. The maximum atomic E-state index is 7.76. The molecular formula is C14H20N6. The van der Waals surface area contributed by atoms with Crippen molar-refractivity contribution in [2.45, 2.75) is 20.4 Å². The van der Waals surface area contributed by atoms with Crippen LogP contribution in [-0.2, 0) is 13.6 Å². The molecule has 20 heavy (non-hydrogen) atoms. The van der Waals surface area contributed by atoms with Gasteiger partial charge in [-0.3, -0.25) is 10.4 Å². The minimum absolute atomic E-state index is 0.0386. The summed E-state index contributed by atoms with van der Waals surface area (Å²) >= 11 is 0. The summed E-state index contributed by atoms with van der Waals surface area (Å²) in [5.74, 6) is 0.991. The van der Waals surface area contributed by atoms with Gasteiger partial charge >= 0.3 is 0 Å². The van der Waals surface area contributed by atoms with Gasteiger partial charge in [-0.15, -0.1) is 0 Å². The lowest BCUT2D eigenvalue weighted by atomic mass is 10.1. The molecule has 0 bridgehead atoms. The van der Waals surface area contributed by atoms with Crippen LogP contribution < -0.4 is 10.6 Å². The Labute approximate surface area is 118 Å². The smallest absolute Gasteiger partial charge is 0.127 e. The Hall–Kier alpha value is -2.37. The van der Waals surface area contributed by atoms with Crippen molar-refractivity contribution in [1.29, 1.82) is 5.41 Å². The number of aryl methyl sites for hydroxylation is 3. The van der Waals surface area contributed by atoms with Crippen molar-refractivity contribution in [3.8, 4) is 0 Å². The first-order chi connectivity index (χ1) is 9.40. The fourth-order valence-corrected chi connectivity index (χ4v) is 2.29. The first-order valence-electron chi connectivity index (χ1n) is 6.40. The Balaban J connectivity index is 2.41. The molecule has 6 nitrogen and oxygen atoms in total. The number of amidine groups is 1. The third-order valence-corrected chi connectivity index (χ3v) is 3.29. The van der Waals surface area contributed by atoms with E-state index in [4.69, 9.17) is 11.1 Å². The Morgan fingerprint density at radius 3 is 2.70 bits per heavy atom. The van der Waals surface area contributed by atoms with E-state index in [1.807, 2.05) is 49.7 Å². The average molecular weight is 272 g/mol. The van der Waals surface area contributed by atoms with Crippen LogP contribution in [0.25, 0.3) is 0 Å². The summed E-state index contributed by atoms with van der Waals surface area (Å²) < 4.78 is 1.98. The minimum atomic E-state index is 0.0386. The zero-order valence-corrected chi connectivity index (χ0v) is 12.3. The summed E-state index contributed by atoms with van der Waals surface area (Å²) in [7, 11) is 3.93. The molecule has 0 aromatic carbocycles. The Morgan fingerprint density at radius 1 is 1.45 bits per heavy atom. The van der Waals surface area contributed by atoms with Gasteiger partial charge in [-0.25, -0.2) is 4.98 Å². The van der Waals surface area contributed by atoms with E-state index < -0.39 is 0 Å². The number of nitrogens with two attached hydrogens (primary N) is 1. The zero-order chi connectivity index (χ0) is 14.9. The van der Waals surface area contributed by atoms with Crippen LogP contribution in [0.15, 0.2) is 18.5 Å². The van der Waals surface area contributed by atoms with Gasteiger partial charge in [0.05, 0.1) is 23.5 Å². The van der Waals surface area contributed by atoms with Gasteiger partial charge in [0.2, 0.25) is 0 Å². The minimum Gasteiger partial charge on any atom is -0.384 e. The Morgan fingerprint density at radius 2 is 2.15 bits per heavy atom. The molecule has 6 heteroatoms. The normalized spacial score (nSPS) is 10.6. The van der Waals surface area contributed by atoms with Crippen LogP contribution in [0.2, 0.25) is 0 Å². The van der Waals surface area contributed by atoms with Crippen LogP contribution in [0.5, 0.6) is 0 Å². The van der Waals surface area contributed by atoms with Crippen molar-refractivity contribution in [1.82, 2.24) is 14.5 Å². The highest BCUT2D eigenvalue weighted by atomic mass is 15.2. The molecule has 0 saturated heterocycles. The maximum Gasteiger partial charge on any atom is 0.127 e. The lowest BCUT2D eigenvalue weighted by Crippen LogP contribution is -2.25. The third-order valence-electron chi connectivity index (χ3n) is 3.29. The van der Waals surface area contributed by atoms with Gasteiger partial charge in [-0.05, 0) is 19.9 Å². The van der Waals surface area contributed by atoms with Gasteiger partial charge in [0.15, 0.2) is 0 Å². The van der Waals surface area contributed by atoms with Gasteiger partial charge in [0.1, 0.15) is 11.7 Å². The topological polar surface area (TPSA) is 83.8 Å². The van der Waals surface area contributed by atoms with Gasteiger partial charge in [-0.2, -0.15) is 0 Å². The highest BCUT2D eigenvalue weighted by molar-refractivity contribution is 6.01. The molecule has 2 heterocycles. The third kappa shape index (κ3) is 2.64. The molecule has 3 N–H and O–H groups in total. The number of hydrogen-bond donors (Lipinski definition) is 2. The van der Waals surface area contributed by atoms with E-state index in [0.29, 0.717) is 12.1 Å². The second-order valence-electron chi connectivity index (χ2n) is 4.97. The molecule has 0 aliphatic carbocycles. The molecule has 0 aliphatic rings.